The maximum absolute atomic E-state index is 13.7. The lowest BCUT2D eigenvalue weighted by atomic mass is 9.77. The van der Waals surface area contributed by atoms with Crippen molar-refractivity contribution in [2.75, 3.05) is 25.5 Å². The lowest BCUT2D eigenvalue weighted by molar-refractivity contribution is -0.141. The number of rotatable bonds is 7. The van der Waals surface area contributed by atoms with Crippen LogP contribution in [0.3, 0.4) is 0 Å². The molecule has 1 saturated carbocycles. The Labute approximate surface area is 230 Å². The van der Waals surface area contributed by atoms with Gasteiger partial charge in [-0.05, 0) is 66.0 Å². The van der Waals surface area contributed by atoms with Crippen LogP contribution < -0.4 is 5.32 Å². The molecule has 1 aliphatic heterocycles. The fraction of sp³-hybridized carbons (Fsp3) is 0.424. The van der Waals surface area contributed by atoms with Gasteiger partial charge in [0, 0.05) is 25.4 Å². The Morgan fingerprint density at radius 3 is 2.33 bits per heavy atom. The van der Waals surface area contributed by atoms with Crippen molar-refractivity contribution in [1.82, 2.24) is 4.90 Å². The highest BCUT2D eigenvalue weighted by Crippen LogP contribution is 2.46. The predicted octanol–water partition coefficient (Wildman–Crippen LogP) is 6.62. The van der Waals surface area contributed by atoms with E-state index < -0.39 is 0 Å². The number of hydrogen-bond acceptors (Lipinski definition) is 4. The first kappa shape index (κ1) is 26.9. The lowest BCUT2D eigenvalue weighted by Crippen LogP contribution is -2.42. The van der Waals surface area contributed by atoms with E-state index in [2.05, 4.69) is 5.32 Å². The molecule has 0 aromatic heterocycles. The number of anilines is 1. The molecular formula is C33H38N2O4. The number of fused-ring (bicyclic) bond motifs is 1. The summed E-state index contributed by atoms with van der Waals surface area (Å²) in [5, 5.41) is 5.09. The van der Waals surface area contributed by atoms with Crippen molar-refractivity contribution in [2.24, 2.45) is 5.41 Å². The molecule has 3 aromatic rings. The molecule has 6 nitrogen and oxygen atoms in total. The summed E-state index contributed by atoms with van der Waals surface area (Å²) in [4.78, 5) is 41.4. The van der Waals surface area contributed by atoms with Gasteiger partial charge in [0.1, 0.15) is 0 Å². The number of esters is 1. The minimum Gasteiger partial charge on any atom is -0.469 e. The number of nitrogens with one attached hydrogen (secondary N) is 1. The van der Waals surface area contributed by atoms with Crippen LogP contribution in [-0.2, 0) is 14.3 Å². The third-order valence-electron chi connectivity index (χ3n) is 8.87. The molecule has 1 N–H and O–H groups in total. The first-order valence-electron chi connectivity index (χ1n) is 14.1. The Balaban J connectivity index is 1.35. The molecule has 2 amide bonds. The molecular weight excluding hydrogens is 488 g/mol. The summed E-state index contributed by atoms with van der Waals surface area (Å²) >= 11 is 0. The lowest BCUT2D eigenvalue weighted by Gasteiger charge is -2.39. The average molecular weight is 527 g/mol. The average Bonchev–Trinajstić information content (AvgIpc) is 3.40. The SMILES string of the molecule is COC(=O)CC(CC(=O)Nc1cccc(C)c1C(=O)N1CCC2(CCCC2)CC1)c1cccc2ccccc12. The normalized spacial score (nSPS) is 17.2. The smallest absolute Gasteiger partial charge is 0.306 e. The number of ether oxygens (including phenoxy) is 1. The molecule has 5 rings (SSSR count). The maximum atomic E-state index is 13.7. The van der Waals surface area contributed by atoms with Crippen LogP contribution in [0.1, 0.15) is 78.8 Å². The summed E-state index contributed by atoms with van der Waals surface area (Å²) in [7, 11) is 1.36. The molecule has 2 aliphatic rings. The third kappa shape index (κ3) is 5.85. The van der Waals surface area contributed by atoms with Gasteiger partial charge in [0.25, 0.3) is 5.91 Å². The Kier molecular flexibility index (Phi) is 8.01. The highest BCUT2D eigenvalue weighted by molar-refractivity contribution is 6.05. The molecule has 204 valence electrons. The quantitative estimate of drug-likeness (QED) is 0.351. The Morgan fingerprint density at radius 1 is 0.897 bits per heavy atom. The maximum Gasteiger partial charge on any atom is 0.306 e. The van der Waals surface area contributed by atoms with Gasteiger partial charge >= 0.3 is 5.97 Å². The van der Waals surface area contributed by atoms with Crippen molar-refractivity contribution in [2.45, 2.75) is 64.2 Å². The zero-order chi connectivity index (χ0) is 27.4. The van der Waals surface area contributed by atoms with Gasteiger partial charge in [-0.1, -0.05) is 67.4 Å². The summed E-state index contributed by atoms with van der Waals surface area (Å²) in [5.41, 5.74) is 3.29. The fourth-order valence-corrected chi connectivity index (χ4v) is 6.63. The van der Waals surface area contributed by atoms with E-state index in [0.717, 1.165) is 47.8 Å². The van der Waals surface area contributed by atoms with E-state index in [1.54, 1.807) is 6.07 Å². The number of likely N-dealkylation sites (tertiary alicyclic amines) is 1. The van der Waals surface area contributed by atoms with Crippen molar-refractivity contribution in [3.05, 3.63) is 77.4 Å². The third-order valence-corrected chi connectivity index (χ3v) is 8.87. The van der Waals surface area contributed by atoms with Crippen molar-refractivity contribution < 1.29 is 19.1 Å². The number of benzene rings is 3. The molecule has 3 aromatic carbocycles. The van der Waals surface area contributed by atoms with Crippen molar-refractivity contribution >= 4 is 34.2 Å². The van der Waals surface area contributed by atoms with Crippen LogP contribution in [0.5, 0.6) is 0 Å². The summed E-state index contributed by atoms with van der Waals surface area (Å²) in [6.45, 7) is 3.45. The highest BCUT2D eigenvalue weighted by Gasteiger charge is 2.38. The monoisotopic (exact) mass is 526 g/mol. The van der Waals surface area contributed by atoms with E-state index in [1.807, 2.05) is 66.4 Å². The number of carbonyl (C=O) groups is 3. The number of nitrogens with zero attached hydrogens (tertiary/aromatic N) is 1. The molecule has 1 saturated heterocycles. The molecule has 1 heterocycles. The fourth-order valence-electron chi connectivity index (χ4n) is 6.63. The number of amides is 2. The van der Waals surface area contributed by atoms with Crippen LogP contribution in [0.2, 0.25) is 0 Å². The summed E-state index contributed by atoms with van der Waals surface area (Å²) in [6, 6.07) is 19.5. The predicted molar refractivity (Wildman–Crippen MR) is 154 cm³/mol. The van der Waals surface area contributed by atoms with Gasteiger partial charge in [-0.15, -0.1) is 0 Å². The van der Waals surface area contributed by atoms with E-state index in [4.69, 9.17) is 4.74 Å². The van der Waals surface area contributed by atoms with Crippen LogP contribution >= 0.6 is 0 Å². The number of carbonyl (C=O) groups excluding carboxylic acids is 3. The second-order valence-corrected chi connectivity index (χ2v) is 11.3. The molecule has 0 bridgehead atoms. The summed E-state index contributed by atoms with van der Waals surface area (Å²) < 4.78 is 4.96. The Hall–Kier alpha value is -3.67. The second-order valence-electron chi connectivity index (χ2n) is 11.3. The molecule has 1 atom stereocenters. The molecule has 2 fully saturated rings. The number of aryl methyl sites for hydroxylation is 1. The minimum absolute atomic E-state index is 0.0172. The zero-order valence-corrected chi connectivity index (χ0v) is 23.0. The van der Waals surface area contributed by atoms with E-state index in [1.165, 1.54) is 32.8 Å². The largest absolute Gasteiger partial charge is 0.469 e. The Bertz CT molecular complexity index is 1360. The van der Waals surface area contributed by atoms with E-state index in [9.17, 15) is 14.4 Å². The van der Waals surface area contributed by atoms with Crippen LogP contribution in [-0.4, -0.2) is 42.9 Å². The molecule has 1 aliphatic carbocycles. The van der Waals surface area contributed by atoms with Gasteiger partial charge in [0.15, 0.2) is 0 Å². The molecule has 39 heavy (non-hydrogen) atoms. The van der Waals surface area contributed by atoms with E-state index in [-0.39, 0.29) is 36.5 Å². The van der Waals surface area contributed by atoms with Crippen molar-refractivity contribution in [3.8, 4) is 0 Å². The first-order valence-corrected chi connectivity index (χ1v) is 14.1. The van der Waals surface area contributed by atoms with Gasteiger partial charge in [0.05, 0.1) is 24.8 Å². The summed E-state index contributed by atoms with van der Waals surface area (Å²) in [5.74, 6) is -0.981. The van der Waals surface area contributed by atoms with Gasteiger partial charge in [0.2, 0.25) is 5.91 Å². The zero-order valence-electron chi connectivity index (χ0n) is 23.0. The molecule has 1 unspecified atom stereocenters. The standard InChI is InChI=1S/C33H38N2O4/c1-23-9-7-14-28(31(23)32(38)35-19-17-33(18-20-35)15-5-6-16-33)34-29(36)21-25(22-30(37)39-2)27-13-8-11-24-10-3-4-12-26(24)27/h3-4,7-14,25H,5-6,15-22H2,1-2H3,(H,34,36). The van der Waals surface area contributed by atoms with Crippen LogP contribution in [0.15, 0.2) is 60.7 Å². The molecule has 1 spiro atoms. The number of piperidine rings is 1. The minimum atomic E-state index is -0.364. The Morgan fingerprint density at radius 2 is 1.59 bits per heavy atom. The highest BCUT2D eigenvalue weighted by atomic mass is 16.5. The van der Waals surface area contributed by atoms with Crippen LogP contribution in [0, 0.1) is 12.3 Å². The first-order chi connectivity index (χ1) is 18.9. The van der Waals surface area contributed by atoms with Gasteiger partial charge in [-0.2, -0.15) is 0 Å². The number of hydrogen-bond donors (Lipinski definition) is 1. The topological polar surface area (TPSA) is 75.7 Å². The second kappa shape index (κ2) is 11.6. The number of methoxy groups -OCH3 is 1. The van der Waals surface area contributed by atoms with Gasteiger partial charge in [-0.3, -0.25) is 14.4 Å². The van der Waals surface area contributed by atoms with Crippen molar-refractivity contribution in [3.63, 3.8) is 0 Å². The molecule has 6 heteroatoms. The van der Waals surface area contributed by atoms with Crippen LogP contribution in [0.25, 0.3) is 10.8 Å². The summed E-state index contributed by atoms with van der Waals surface area (Å²) in [6.07, 6.45) is 7.48. The van der Waals surface area contributed by atoms with Gasteiger partial charge < -0.3 is 15.0 Å². The van der Waals surface area contributed by atoms with Crippen molar-refractivity contribution in [1.29, 1.82) is 0 Å². The van der Waals surface area contributed by atoms with E-state index >= 15 is 0 Å². The molecule has 0 radical (unpaired) electrons. The van der Waals surface area contributed by atoms with E-state index in [0.29, 0.717) is 16.7 Å². The van der Waals surface area contributed by atoms with Gasteiger partial charge in [-0.25, -0.2) is 0 Å². The van der Waals surface area contributed by atoms with Crippen LogP contribution in [0.4, 0.5) is 5.69 Å².